The highest BCUT2D eigenvalue weighted by Gasteiger charge is 2.12. The zero-order valence-electron chi connectivity index (χ0n) is 10.3. The zero-order chi connectivity index (χ0) is 14.3. The highest BCUT2D eigenvalue weighted by atomic mass is 35.5. The highest BCUT2D eigenvalue weighted by Crippen LogP contribution is 2.25. The first-order valence-corrected chi connectivity index (χ1v) is 7.35. The van der Waals surface area contributed by atoms with E-state index in [0.717, 1.165) is 4.83 Å². The normalized spacial score (nSPS) is 10.9. The molecule has 7 heteroatoms. The summed E-state index contributed by atoms with van der Waals surface area (Å²) in [5.74, 6) is 0.608. The van der Waals surface area contributed by atoms with Crippen LogP contribution < -0.4 is 10.3 Å². The summed E-state index contributed by atoms with van der Waals surface area (Å²) in [6.07, 6.45) is 0. The number of nitrogens with zero attached hydrogens (tertiary/aromatic N) is 1. The van der Waals surface area contributed by atoms with Gasteiger partial charge in [-0.1, -0.05) is 11.6 Å². The largest absolute Gasteiger partial charge is 0.497 e. The minimum absolute atomic E-state index is 0.194. The molecule has 2 heterocycles. The fourth-order valence-corrected chi connectivity index (χ4v) is 3.28. The van der Waals surface area contributed by atoms with Crippen molar-refractivity contribution in [1.82, 2.24) is 9.55 Å². The second-order valence-corrected chi connectivity index (χ2v) is 5.76. The third-order valence-electron chi connectivity index (χ3n) is 2.92. The number of hydrogen-bond acceptors (Lipinski definition) is 4. The van der Waals surface area contributed by atoms with Gasteiger partial charge in [0.25, 0.3) is 5.56 Å². The quantitative estimate of drug-likeness (QED) is 0.730. The molecule has 0 aliphatic rings. The molecule has 20 heavy (non-hydrogen) atoms. The van der Waals surface area contributed by atoms with Gasteiger partial charge in [0.1, 0.15) is 10.6 Å². The van der Waals surface area contributed by atoms with Gasteiger partial charge in [-0.25, -0.2) is 0 Å². The molecular weight excluding hydrogens is 316 g/mol. The van der Waals surface area contributed by atoms with Crippen LogP contribution in [0, 0.1) is 4.77 Å². The van der Waals surface area contributed by atoms with Crippen molar-refractivity contribution >= 4 is 45.4 Å². The highest BCUT2D eigenvalue weighted by molar-refractivity contribution is 7.71. The van der Waals surface area contributed by atoms with Crippen LogP contribution >= 0.6 is 35.2 Å². The van der Waals surface area contributed by atoms with Crippen LogP contribution in [0.5, 0.6) is 5.75 Å². The van der Waals surface area contributed by atoms with E-state index in [1.165, 1.54) is 15.9 Å². The number of thiophene rings is 1. The van der Waals surface area contributed by atoms with Crippen molar-refractivity contribution in [2.24, 2.45) is 0 Å². The maximum atomic E-state index is 12.5. The lowest BCUT2D eigenvalue weighted by molar-refractivity contribution is 0.414. The summed E-state index contributed by atoms with van der Waals surface area (Å²) in [4.78, 5) is 16.3. The number of methoxy groups -OCH3 is 1. The van der Waals surface area contributed by atoms with E-state index < -0.39 is 0 Å². The number of hydrogen-bond donors (Lipinski definition) is 1. The molecule has 0 spiro atoms. The van der Waals surface area contributed by atoms with E-state index in [0.29, 0.717) is 26.6 Å². The first-order valence-electron chi connectivity index (χ1n) is 5.68. The summed E-state index contributed by atoms with van der Waals surface area (Å²) in [5, 5.41) is 2.86. The maximum Gasteiger partial charge on any atom is 0.267 e. The van der Waals surface area contributed by atoms with Crippen molar-refractivity contribution in [3.63, 3.8) is 0 Å². The number of halogens is 1. The molecule has 0 bridgehead atoms. The molecule has 0 amide bonds. The first kappa shape index (κ1) is 13.4. The Hall–Kier alpha value is -1.63. The molecule has 1 N–H and O–H groups in total. The summed E-state index contributed by atoms with van der Waals surface area (Å²) < 4.78 is 6.86. The van der Waals surface area contributed by atoms with E-state index in [4.69, 9.17) is 28.6 Å². The van der Waals surface area contributed by atoms with E-state index in [2.05, 4.69) is 4.98 Å². The van der Waals surface area contributed by atoms with Crippen LogP contribution in [0.2, 0.25) is 5.02 Å². The molecule has 0 radical (unpaired) electrons. The van der Waals surface area contributed by atoms with Crippen molar-refractivity contribution in [1.29, 1.82) is 0 Å². The van der Waals surface area contributed by atoms with Crippen LogP contribution in [0.15, 0.2) is 34.4 Å². The minimum Gasteiger partial charge on any atom is -0.497 e. The predicted octanol–water partition coefficient (Wildman–Crippen LogP) is 3.77. The number of aromatic amines is 1. The fourth-order valence-electron chi connectivity index (χ4n) is 1.95. The van der Waals surface area contributed by atoms with Gasteiger partial charge >= 0.3 is 0 Å². The van der Waals surface area contributed by atoms with E-state index >= 15 is 0 Å². The molecule has 0 saturated carbocycles. The van der Waals surface area contributed by atoms with E-state index in [1.807, 2.05) is 5.38 Å². The van der Waals surface area contributed by atoms with Gasteiger partial charge in [0.15, 0.2) is 4.77 Å². The number of H-pyrrole nitrogens is 1. The first-order chi connectivity index (χ1) is 9.61. The summed E-state index contributed by atoms with van der Waals surface area (Å²) in [7, 11) is 1.55. The Morgan fingerprint density at radius 2 is 2.20 bits per heavy atom. The number of fused-ring (bicyclic) bond motifs is 1. The number of rotatable bonds is 2. The molecule has 0 saturated heterocycles. The van der Waals surface area contributed by atoms with Gasteiger partial charge in [-0.15, -0.1) is 11.3 Å². The lowest BCUT2D eigenvalue weighted by atomic mass is 10.3. The van der Waals surface area contributed by atoms with Crippen molar-refractivity contribution in [2.45, 2.75) is 0 Å². The Morgan fingerprint density at radius 1 is 1.40 bits per heavy atom. The molecule has 0 fully saturated rings. The fraction of sp³-hybridized carbons (Fsp3) is 0.0769. The van der Waals surface area contributed by atoms with Gasteiger partial charge in [-0.3, -0.25) is 9.36 Å². The number of nitrogens with one attached hydrogen (secondary N) is 1. The van der Waals surface area contributed by atoms with Gasteiger partial charge in [0, 0.05) is 6.07 Å². The zero-order valence-corrected chi connectivity index (χ0v) is 12.7. The number of ether oxygens (including phenoxy) is 1. The predicted molar refractivity (Wildman–Crippen MR) is 84.2 cm³/mol. The summed E-state index contributed by atoms with van der Waals surface area (Å²) in [5.41, 5.74) is 0.311. The average Bonchev–Trinajstić information content (AvgIpc) is 2.89. The van der Waals surface area contributed by atoms with Crippen LogP contribution in [0.4, 0.5) is 0 Å². The second kappa shape index (κ2) is 5.05. The third-order valence-corrected chi connectivity index (χ3v) is 4.35. The molecule has 0 aliphatic heterocycles. The summed E-state index contributed by atoms with van der Waals surface area (Å²) >= 11 is 12.9. The summed E-state index contributed by atoms with van der Waals surface area (Å²) in [6.45, 7) is 0. The van der Waals surface area contributed by atoms with Gasteiger partial charge < -0.3 is 9.72 Å². The van der Waals surface area contributed by atoms with Crippen molar-refractivity contribution in [3.8, 4) is 11.4 Å². The van der Waals surface area contributed by atoms with Crippen LogP contribution in [-0.2, 0) is 0 Å². The molecule has 102 valence electrons. The molecule has 3 rings (SSSR count). The topological polar surface area (TPSA) is 47.0 Å². The molecule has 1 aromatic carbocycles. The van der Waals surface area contributed by atoms with Gasteiger partial charge in [0.2, 0.25) is 0 Å². The van der Waals surface area contributed by atoms with Crippen LogP contribution in [0.3, 0.4) is 0 Å². The van der Waals surface area contributed by atoms with E-state index in [1.54, 1.807) is 31.4 Å². The lowest BCUT2D eigenvalue weighted by Crippen LogP contribution is -2.20. The van der Waals surface area contributed by atoms with Crippen molar-refractivity contribution in [3.05, 3.63) is 49.8 Å². The number of aromatic nitrogens is 2. The molecule has 3 aromatic rings. The Labute approximate surface area is 128 Å². The Bertz CT molecular complexity index is 911. The molecule has 0 unspecified atom stereocenters. The minimum atomic E-state index is -0.194. The summed E-state index contributed by atoms with van der Waals surface area (Å²) in [6, 6.07) is 6.85. The lowest BCUT2D eigenvalue weighted by Gasteiger charge is -2.10. The third kappa shape index (κ3) is 2.06. The second-order valence-electron chi connectivity index (χ2n) is 4.05. The van der Waals surface area contributed by atoms with Crippen LogP contribution in [0.1, 0.15) is 0 Å². The Kier molecular flexibility index (Phi) is 3.37. The monoisotopic (exact) mass is 324 g/mol. The molecule has 0 atom stereocenters. The molecular formula is C13H9ClN2O2S2. The molecule has 4 nitrogen and oxygen atoms in total. The number of benzene rings is 1. The van der Waals surface area contributed by atoms with Crippen LogP contribution in [-0.4, -0.2) is 16.7 Å². The Balaban J connectivity index is 2.40. The van der Waals surface area contributed by atoms with Crippen LogP contribution in [0.25, 0.3) is 15.9 Å². The van der Waals surface area contributed by atoms with Gasteiger partial charge in [-0.2, -0.15) is 0 Å². The average molecular weight is 325 g/mol. The Morgan fingerprint density at radius 3 is 2.95 bits per heavy atom. The molecule has 0 aliphatic carbocycles. The van der Waals surface area contributed by atoms with Crippen molar-refractivity contribution < 1.29 is 4.74 Å². The molecule has 2 aromatic heterocycles. The van der Waals surface area contributed by atoms with E-state index in [-0.39, 0.29) is 5.56 Å². The van der Waals surface area contributed by atoms with Crippen molar-refractivity contribution in [2.75, 3.05) is 7.11 Å². The standard InChI is InChI=1S/C13H9ClN2O2S2/c1-18-7-2-3-9(14)10(6-7)16-12(17)8-4-5-20-11(8)15-13(16)19/h2-6H,1H3,(H,15,19). The van der Waals surface area contributed by atoms with Gasteiger partial charge in [0.05, 0.1) is 23.2 Å². The SMILES string of the molecule is COc1ccc(Cl)c(-n2c(=S)[nH]c3sccc3c2=O)c1. The van der Waals surface area contributed by atoms with Gasteiger partial charge in [-0.05, 0) is 35.8 Å². The van der Waals surface area contributed by atoms with E-state index in [9.17, 15) is 4.79 Å². The maximum absolute atomic E-state index is 12.5. The smallest absolute Gasteiger partial charge is 0.267 e.